The minimum absolute atomic E-state index is 0.248. The second-order valence-corrected chi connectivity index (χ2v) is 6.36. The number of rotatable bonds is 5. The van der Waals surface area contributed by atoms with Crippen LogP contribution in [-0.4, -0.2) is 44.3 Å². The SMILES string of the molecule is CCN1CCOC(C(NC)c2ccc(C3CCC3)cc2)C1. The van der Waals surface area contributed by atoms with Crippen molar-refractivity contribution in [3.63, 3.8) is 0 Å². The van der Waals surface area contributed by atoms with Crippen molar-refractivity contribution in [1.29, 1.82) is 0 Å². The average Bonchev–Trinajstić information content (AvgIpc) is 2.48. The number of hydrogen-bond donors (Lipinski definition) is 1. The standard InChI is InChI=1S/C18H28N2O/c1-3-20-11-12-21-17(13-20)18(19-2)16-9-7-15(8-10-16)14-5-4-6-14/h7-10,14,17-19H,3-6,11-13H2,1-2H3. The van der Waals surface area contributed by atoms with Crippen LogP contribution in [-0.2, 0) is 4.74 Å². The van der Waals surface area contributed by atoms with Gasteiger partial charge in [-0.3, -0.25) is 4.90 Å². The Morgan fingerprint density at radius 2 is 2.05 bits per heavy atom. The van der Waals surface area contributed by atoms with Gasteiger partial charge in [0, 0.05) is 13.1 Å². The third-order valence-corrected chi connectivity index (χ3v) is 5.18. The Morgan fingerprint density at radius 3 is 2.62 bits per heavy atom. The largest absolute Gasteiger partial charge is 0.374 e. The fourth-order valence-electron chi connectivity index (χ4n) is 3.50. The van der Waals surface area contributed by atoms with Crippen LogP contribution >= 0.6 is 0 Å². The molecule has 0 bridgehead atoms. The van der Waals surface area contributed by atoms with Crippen molar-refractivity contribution in [3.05, 3.63) is 35.4 Å². The van der Waals surface area contributed by atoms with Crippen LogP contribution in [0.25, 0.3) is 0 Å². The Kier molecular flexibility index (Phi) is 4.94. The van der Waals surface area contributed by atoms with Gasteiger partial charge in [-0.2, -0.15) is 0 Å². The molecule has 3 nitrogen and oxygen atoms in total. The predicted octanol–water partition coefficient (Wildman–Crippen LogP) is 2.94. The van der Waals surface area contributed by atoms with E-state index in [2.05, 4.69) is 41.4 Å². The minimum Gasteiger partial charge on any atom is -0.374 e. The molecule has 2 unspecified atom stereocenters. The fourth-order valence-corrected chi connectivity index (χ4v) is 3.50. The Labute approximate surface area is 128 Å². The fraction of sp³-hybridized carbons (Fsp3) is 0.667. The van der Waals surface area contributed by atoms with E-state index in [-0.39, 0.29) is 12.1 Å². The molecule has 2 atom stereocenters. The second kappa shape index (κ2) is 6.91. The molecule has 1 heterocycles. The molecule has 0 radical (unpaired) electrons. The quantitative estimate of drug-likeness (QED) is 0.901. The zero-order valence-electron chi connectivity index (χ0n) is 13.3. The highest BCUT2D eigenvalue weighted by Gasteiger charge is 2.28. The van der Waals surface area contributed by atoms with Gasteiger partial charge in [-0.1, -0.05) is 37.6 Å². The monoisotopic (exact) mass is 288 g/mol. The van der Waals surface area contributed by atoms with Gasteiger partial charge in [0.15, 0.2) is 0 Å². The molecule has 1 aliphatic heterocycles. The van der Waals surface area contributed by atoms with E-state index in [1.54, 1.807) is 0 Å². The molecule has 3 heteroatoms. The lowest BCUT2D eigenvalue weighted by atomic mass is 9.79. The van der Waals surface area contributed by atoms with Crippen LogP contribution in [0.3, 0.4) is 0 Å². The summed E-state index contributed by atoms with van der Waals surface area (Å²) >= 11 is 0. The molecule has 2 aliphatic rings. The van der Waals surface area contributed by atoms with E-state index in [0.29, 0.717) is 0 Å². The van der Waals surface area contributed by atoms with E-state index < -0.39 is 0 Å². The van der Waals surface area contributed by atoms with Gasteiger partial charge >= 0.3 is 0 Å². The molecule has 21 heavy (non-hydrogen) atoms. The molecule has 1 aromatic carbocycles. The first-order chi connectivity index (χ1) is 10.3. The number of nitrogens with one attached hydrogen (secondary N) is 1. The van der Waals surface area contributed by atoms with Crippen molar-refractivity contribution in [2.45, 2.75) is 44.2 Å². The lowest BCUT2D eigenvalue weighted by molar-refractivity contribution is -0.0444. The van der Waals surface area contributed by atoms with E-state index in [4.69, 9.17) is 4.74 Å². The zero-order chi connectivity index (χ0) is 14.7. The molecule has 2 fully saturated rings. The van der Waals surface area contributed by atoms with E-state index in [9.17, 15) is 0 Å². The van der Waals surface area contributed by atoms with Gasteiger partial charge in [0.1, 0.15) is 0 Å². The number of benzene rings is 1. The Bertz CT molecular complexity index is 441. The van der Waals surface area contributed by atoms with E-state index in [1.807, 2.05) is 7.05 Å². The number of morpholine rings is 1. The van der Waals surface area contributed by atoms with Crippen LogP contribution in [0.2, 0.25) is 0 Å². The molecule has 0 aromatic heterocycles. The van der Waals surface area contributed by atoms with Crippen LogP contribution in [0.1, 0.15) is 49.3 Å². The van der Waals surface area contributed by atoms with E-state index in [1.165, 1.54) is 30.4 Å². The lowest BCUT2D eigenvalue weighted by Gasteiger charge is -2.36. The van der Waals surface area contributed by atoms with Crippen molar-refractivity contribution in [2.24, 2.45) is 0 Å². The number of hydrogen-bond acceptors (Lipinski definition) is 3. The minimum atomic E-state index is 0.248. The summed E-state index contributed by atoms with van der Waals surface area (Å²) < 4.78 is 6.02. The van der Waals surface area contributed by atoms with Crippen LogP contribution in [0.15, 0.2) is 24.3 Å². The molecule has 3 rings (SSSR count). The topological polar surface area (TPSA) is 24.5 Å². The normalized spacial score (nSPS) is 25.5. The summed E-state index contributed by atoms with van der Waals surface area (Å²) in [5.41, 5.74) is 2.86. The zero-order valence-corrected chi connectivity index (χ0v) is 13.3. The molecule has 0 amide bonds. The molecule has 1 saturated heterocycles. The highest BCUT2D eigenvalue weighted by atomic mass is 16.5. The van der Waals surface area contributed by atoms with Gasteiger partial charge in [-0.05, 0) is 43.5 Å². The molecule has 1 aliphatic carbocycles. The average molecular weight is 288 g/mol. The van der Waals surface area contributed by atoms with Crippen LogP contribution in [0.5, 0.6) is 0 Å². The van der Waals surface area contributed by atoms with Crippen LogP contribution < -0.4 is 5.32 Å². The molecule has 1 saturated carbocycles. The van der Waals surface area contributed by atoms with E-state index >= 15 is 0 Å². The lowest BCUT2D eigenvalue weighted by Crippen LogP contribution is -2.47. The predicted molar refractivity (Wildman–Crippen MR) is 86.7 cm³/mol. The van der Waals surface area contributed by atoms with Gasteiger partial charge < -0.3 is 10.1 Å². The van der Waals surface area contributed by atoms with Gasteiger partial charge in [0.25, 0.3) is 0 Å². The Morgan fingerprint density at radius 1 is 1.29 bits per heavy atom. The Balaban J connectivity index is 1.69. The van der Waals surface area contributed by atoms with Crippen molar-refractivity contribution in [3.8, 4) is 0 Å². The molecular formula is C18H28N2O. The summed E-state index contributed by atoms with van der Waals surface area (Å²) in [5, 5.41) is 3.46. The third-order valence-electron chi connectivity index (χ3n) is 5.18. The van der Waals surface area contributed by atoms with Crippen molar-refractivity contribution < 1.29 is 4.74 Å². The first-order valence-corrected chi connectivity index (χ1v) is 8.43. The molecule has 116 valence electrons. The molecule has 1 N–H and O–H groups in total. The first-order valence-electron chi connectivity index (χ1n) is 8.43. The number of nitrogens with zero attached hydrogens (tertiary/aromatic N) is 1. The highest BCUT2D eigenvalue weighted by molar-refractivity contribution is 5.29. The third kappa shape index (κ3) is 3.31. The maximum Gasteiger partial charge on any atom is 0.0896 e. The van der Waals surface area contributed by atoms with Gasteiger partial charge in [-0.25, -0.2) is 0 Å². The van der Waals surface area contributed by atoms with Crippen LogP contribution in [0, 0.1) is 0 Å². The summed E-state index contributed by atoms with van der Waals surface area (Å²) in [6, 6.07) is 9.52. The summed E-state index contributed by atoms with van der Waals surface area (Å²) in [7, 11) is 2.04. The van der Waals surface area contributed by atoms with Gasteiger partial charge in [0.2, 0.25) is 0 Å². The maximum absolute atomic E-state index is 6.02. The Hall–Kier alpha value is -0.900. The second-order valence-electron chi connectivity index (χ2n) is 6.36. The maximum atomic E-state index is 6.02. The van der Waals surface area contributed by atoms with Gasteiger partial charge in [-0.15, -0.1) is 0 Å². The summed E-state index contributed by atoms with van der Waals surface area (Å²) in [6.07, 6.45) is 4.38. The smallest absolute Gasteiger partial charge is 0.0896 e. The van der Waals surface area contributed by atoms with Gasteiger partial charge in [0.05, 0.1) is 18.8 Å². The first kappa shape index (κ1) is 15.0. The van der Waals surface area contributed by atoms with Crippen molar-refractivity contribution in [1.82, 2.24) is 10.2 Å². The number of ether oxygens (including phenoxy) is 1. The molecule has 0 spiro atoms. The summed E-state index contributed by atoms with van der Waals surface area (Å²) in [4.78, 5) is 2.47. The molecular weight excluding hydrogens is 260 g/mol. The van der Waals surface area contributed by atoms with E-state index in [0.717, 1.165) is 32.2 Å². The van der Waals surface area contributed by atoms with Crippen molar-refractivity contribution in [2.75, 3.05) is 33.3 Å². The number of likely N-dealkylation sites (N-methyl/N-ethyl adjacent to an activating group) is 2. The summed E-state index contributed by atoms with van der Waals surface area (Å²) in [5.74, 6) is 0.814. The van der Waals surface area contributed by atoms with Crippen molar-refractivity contribution >= 4 is 0 Å². The summed E-state index contributed by atoms with van der Waals surface area (Å²) in [6.45, 7) is 6.26. The highest BCUT2D eigenvalue weighted by Crippen LogP contribution is 2.36. The molecule has 1 aromatic rings. The van der Waals surface area contributed by atoms with Crippen LogP contribution in [0.4, 0.5) is 0 Å².